The van der Waals surface area contributed by atoms with Gasteiger partial charge in [-0.3, -0.25) is 4.79 Å². The van der Waals surface area contributed by atoms with Crippen molar-refractivity contribution in [2.45, 2.75) is 38.3 Å². The fraction of sp³-hybridized carbons (Fsp3) is 0.583. The third kappa shape index (κ3) is 2.72. The van der Waals surface area contributed by atoms with E-state index >= 15 is 0 Å². The molecule has 0 aromatic carbocycles. The predicted molar refractivity (Wildman–Crippen MR) is 74.0 cm³/mol. The highest BCUT2D eigenvalue weighted by Gasteiger charge is 2.35. The number of amides is 1. The first-order chi connectivity index (χ1) is 8.13. The molecule has 2 atom stereocenters. The Balaban J connectivity index is 2.28. The summed E-state index contributed by atoms with van der Waals surface area (Å²) in [7, 11) is 0. The van der Waals surface area contributed by atoms with Crippen molar-refractivity contribution in [3.8, 4) is 0 Å². The standard InChI is InChI=1S/C12H17BrN2OS/c1-2-5-15-11(16)4-3-9(14)12(15)10-6-8(13)7-17-10/h6-7,9,12H,2-5,14H2,1H3. The quantitative estimate of drug-likeness (QED) is 0.932. The summed E-state index contributed by atoms with van der Waals surface area (Å²) in [5, 5.41) is 2.05. The lowest BCUT2D eigenvalue weighted by molar-refractivity contribution is -0.137. The van der Waals surface area contributed by atoms with Crippen LogP contribution >= 0.6 is 27.3 Å². The number of thiophene rings is 1. The summed E-state index contributed by atoms with van der Waals surface area (Å²) in [6.45, 7) is 2.89. The molecular formula is C12H17BrN2OS. The van der Waals surface area contributed by atoms with Crippen molar-refractivity contribution >= 4 is 33.2 Å². The van der Waals surface area contributed by atoms with E-state index in [1.807, 2.05) is 10.3 Å². The molecule has 1 saturated heterocycles. The summed E-state index contributed by atoms with van der Waals surface area (Å²) in [6.07, 6.45) is 2.35. The molecule has 1 fully saturated rings. The molecule has 5 heteroatoms. The fourth-order valence-corrected chi connectivity index (χ4v) is 3.96. The third-order valence-corrected chi connectivity index (χ3v) is 4.86. The number of piperidine rings is 1. The zero-order chi connectivity index (χ0) is 12.4. The molecule has 0 spiro atoms. The van der Waals surface area contributed by atoms with Crippen LogP contribution in [0, 0.1) is 0 Å². The van der Waals surface area contributed by atoms with Gasteiger partial charge < -0.3 is 10.6 Å². The van der Waals surface area contributed by atoms with Gasteiger partial charge in [-0.2, -0.15) is 0 Å². The highest BCUT2D eigenvalue weighted by molar-refractivity contribution is 9.10. The van der Waals surface area contributed by atoms with Gasteiger partial charge in [-0.1, -0.05) is 6.92 Å². The van der Waals surface area contributed by atoms with E-state index < -0.39 is 0 Å². The zero-order valence-corrected chi connectivity index (χ0v) is 12.3. The third-order valence-electron chi connectivity index (χ3n) is 3.10. The van der Waals surface area contributed by atoms with Crippen LogP contribution < -0.4 is 5.73 Å². The maximum absolute atomic E-state index is 12.0. The number of nitrogens with zero attached hydrogens (tertiary/aromatic N) is 1. The maximum atomic E-state index is 12.0. The lowest BCUT2D eigenvalue weighted by atomic mass is 9.95. The molecular weight excluding hydrogens is 300 g/mol. The minimum Gasteiger partial charge on any atom is -0.333 e. The number of likely N-dealkylation sites (tertiary alicyclic amines) is 1. The Morgan fingerprint density at radius 1 is 1.65 bits per heavy atom. The Kier molecular flexibility index (Phi) is 4.22. The van der Waals surface area contributed by atoms with E-state index in [1.54, 1.807) is 11.3 Å². The molecule has 2 unspecified atom stereocenters. The number of hydrogen-bond acceptors (Lipinski definition) is 3. The molecule has 1 aliphatic rings. The van der Waals surface area contributed by atoms with E-state index in [2.05, 4.69) is 28.9 Å². The van der Waals surface area contributed by atoms with E-state index in [9.17, 15) is 4.79 Å². The number of halogens is 1. The normalized spacial score (nSPS) is 25.4. The van der Waals surface area contributed by atoms with E-state index in [1.165, 1.54) is 4.88 Å². The lowest BCUT2D eigenvalue weighted by Crippen LogP contribution is -2.48. The van der Waals surface area contributed by atoms with Gasteiger partial charge in [0.1, 0.15) is 0 Å². The molecule has 3 nitrogen and oxygen atoms in total. The van der Waals surface area contributed by atoms with Gasteiger partial charge in [0.15, 0.2) is 0 Å². The van der Waals surface area contributed by atoms with Gasteiger partial charge in [0, 0.05) is 33.7 Å². The van der Waals surface area contributed by atoms with Crippen LogP contribution in [0.5, 0.6) is 0 Å². The summed E-state index contributed by atoms with van der Waals surface area (Å²) in [5.41, 5.74) is 6.20. The molecule has 0 radical (unpaired) electrons. The van der Waals surface area contributed by atoms with Crippen molar-refractivity contribution in [1.29, 1.82) is 0 Å². The molecule has 17 heavy (non-hydrogen) atoms. The molecule has 2 heterocycles. The van der Waals surface area contributed by atoms with Gasteiger partial charge in [0.05, 0.1) is 6.04 Å². The van der Waals surface area contributed by atoms with Crippen molar-refractivity contribution in [3.63, 3.8) is 0 Å². The van der Waals surface area contributed by atoms with Gasteiger partial charge in [0.25, 0.3) is 0 Å². The number of nitrogens with two attached hydrogens (primary N) is 1. The molecule has 2 N–H and O–H groups in total. The molecule has 2 rings (SSSR count). The summed E-state index contributed by atoms with van der Waals surface area (Å²) in [6, 6.07) is 2.20. The predicted octanol–water partition coefficient (Wildman–Crippen LogP) is 2.91. The Morgan fingerprint density at radius 3 is 3.00 bits per heavy atom. The van der Waals surface area contributed by atoms with Crippen LogP contribution in [-0.2, 0) is 4.79 Å². The summed E-state index contributed by atoms with van der Waals surface area (Å²) < 4.78 is 1.07. The van der Waals surface area contributed by atoms with Crippen LogP contribution in [0.15, 0.2) is 15.9 Å². The molecule has 0 bridgehead atoms. The van der Waals surface area contributed by atoms with E-state index in [0.29, 0.717) is 6.42 Å². The van der Waals surface area contributed by atoms with Crippen LogP contribution in [0.25, 0.3) is 0 Å². The minimum atomic E-state index is 0.0600. The average Bonchev–Trinajstić information content (AvgIpc) is 2.70. The molecule has 1 aliphatic heterocycles. The summed E-state index contributed by atoms with van der Waals surface area (Å²) in [5.74, 6) is 0.239. The molecule has 1 aromatic heterocycles. The van der Waals surface area contributed by atoms with Crippen molar-refractivity contribution in [1.82, 2.24) is 4.90 Å². The smallest absolute Gasteiger partial charge is 0.223 e. The second-order valence-electron chi connectivity index (χ2n) is 4.40. The fourth-order valence-electron chi connectivity index (χ4n) is 2.33. The van der Waals surface area contributed by atoms with Crippen molar-refractivity contribution < 1.29 is 4.79 Å². The molecule has 1 aromatic rings. The van der Waals surface area contributed by atoms with Crippen molar-refractivity contribution in [2.24, 2.45) is 5.73 Å². The van der Waals surface area contributed by atoms with Crippen LogP contribution in [0.1, 0.15) is 37.1 Å². The summed E-state index contributed by atoms with van der Waals surface area (Å²) >= 11 is 5.13. The molecule has 1 amide bonds. The van der Waals surface area contributed by atoms with Gasteiger partial charge >= 0.3 is 0 Å². The monoisotopic (exact) mass is 316 g/mol. The average molecular weight is 317 g/mol. The second kappa shape index (κ2) is 5.50. The van der Waals surface area contributed by atoms with Crippen molar-refractivity contribution in [2.75, 3.05) is 6.54 Å². The minimum absolute atomic E-state index is 0.0600. The highest BCUT2D eigenvalue weighted by atomic mass is 79.9. The largest absolute Gasteiger partial charge is 0.333 e. The first-order valence-electron chi connectivity index (χ1n) is 5.92. The molecule has 94 valence electrons. The number of carbonyl (C=O) groups is 1. The van der Waals surface area contributed by atoms with Crippen LogP contribution in [0.2, 0.25) is 0 Å². The van der Waals surface area contributed by atoms with Crippen molar-refractivity contribution in [3.05, 3.63) is 20.8 Å². The van der Waals surface area contributed by atoms with Gasteiger partial charge in [-0.15, -0.1) is 11.3 Å². The maximum Gasteiger partial charge on any atom is 0.223 e. The van der Waals surface area contributed by atoms with Crippen LogP contribution in [0.3, 0.4) is 0 Å². The first kappa shape index (κ1) is 13.1. The topological polar surface area (TPSA) is 46.3 Å². The Morgan fingerprint density at radius 2 is 2.41 bits per heavy atom. The number of hydrogen-bond donors (Lipinski definition) is 1. The van der Waals surface area contributed by atoms with Gasteiger partial charge in [-0.05, 0) is 34.8 Å². The lowest BCUT2D eigenvalue weighted by Gasteiger charge is -2.39. The molecule has 0 aliphatic carbocycles. The molecule has 0 saturated carbocycles. The van der Waals surface area contributed by atoms with E-state index in [4.69, 9.17) is 5.73 Å². The number of carbonyl (C=O) groups excluding carboxylic acids is 1. The Bertz CT molecular complexity index is 407. The highest BCUT2D eigenvalue weighted by Crippen LogP contribution is 2.35. The summed E-state index contributed by atoms with van der Waals surface area (Å²) in [4.78, 5) is 15.1. The van der Waals surface area contributed by atoms with Gasteiger partial charge in [0.2, 0.25) is 5.91 Å². The van der Waals surface area contributed by atoms with Gasteiger partial charge in [-0.25, -0.2) is 0 Å². The van der Waals surface area contributed by atoms with Crippen LogP contribution in [0.4, 0.5) is 0 Å². The van der Waals surface area contributed by atoms with E-state index in [-0.39, 0.29) is 18.0 Å². The Hall–Kier alpha value is -0.390. The Labute approximate surface area is 114 Å². The van der Waals surface area contributed by atoms with E-state index in [0.717, 1.165) is 23.9 Å². The first-order valence-corrected chi connectivity index (χ1v) is 7.59. The SMILES string of the molecule is CCCN1C(=O)CCC(N)C1c1cc(Br)cs1. The zero-order valence-electron chi connectivity index (χ0n) is 9.86. The second-order valence-corrected chi connectivity index (χ2v) is 6.26. The van der Waals surface area contributed by atoms with Crippen LogP contribution in [-0.4, -0.2) is 23.4 Å². The number of rotatable bonds is 3.